The summed E-state index contributed by atoms with van der Waals surface area (Å²) in [7, 11) is 0. The van der Waals surface area contributed by atoms with Gasteiger partial charge in [-0.25, -0.2) is 4.39 Å². The number of rotatable bonds is 5. The van der Waals surface area contributed by atoms with Gasteiger partial charge in [-0.1, -0.05) is 42.5 Å². The fraction of sp³-hybridized carbons (Fsp3) is 0.147. The Bertz CT molecular complexity index is 1880. The zero-order chi connectivity index (χ0) is 30.0. The quantitative estimate of drug-likeness (QED) is 0.179. The average molecular weight is 574 g/mol. The standard InChI is InChI=1S/C34H24FN3O5/c1-19-18-28-34(25-7-3-4-8-26(25)36-33(34)41)29(31(39)20-10-14-22(35)15-11-20)30(37(28)27-9-5-2-6-24(19)27)32(40)21-12-16-23(17-13-21)38(42)43/h2-18,28-30H,1H3,(H,36,41)/t28-,29+,30-,34+/m1/s1. The maximum Gasteiger partial charge on any atom is 0.269 e. The molecule has 3 aliphatic rings. The number of fused-ring (bicyclic) bond motifs is 6. The zero-order valence-corrected chi connectivity index (χ0v) is 22.9. The average Bonchev–Trinajstić information content (AvgIpc) is 3.49. The molecule has 3 aliphatic heterocycles. The number of nitrogens with one attached hydrogen (secondary N) is 1. The largest absolute Gasteiger partial charge is 0.352 e. The monoisotopic (exact) mass is 573 g/mol. The predicted molar refractivity (Wildman–Crippen MR) is 159 cm³/mol. The Hall–Kier alpha value is -5.44. The fourth-order valence-electron chi connectivity index (χ4n) is 7.10. The first-order chi connectivity index (χ1) is 20.7. The van der Waals surface area contributed by atoms with E-state index in [0.717, 1.165) is 11.1 Å². The molecule has 1 N–H and O–H groups in total. The van der Waals surface area contributed by atoms with Gasteiger partial charge in [0.25, 0.3) is 5.69 Å². The van der Waals surface area contributed by atoms with Crippen LogP contribution in [0.15, 0.2) is 103 Å². The second kappa shape index (κ2) is 9.55. The van der Waals surface area contributed by atoms with Crippen LogP contribution in [-0.2, 0) is 10.2 Å². The summed E-state index contributed by atoms with van der Waals surface area (Å²) in [4.78, 5) is 56.4. The van der Waals surface area contributed by atoms with Gasteiger partial charge in [0, 0.05) is 40.2 Å². The lowest BCUT2D eigenvalue weighted by Crippen LogP contribution is -2.51. The number of para-hydroxylation sites is 2. The van der Waals surface area contributed by atoms with Crippen LogP contribution in [0.25, 0.3) is 5.57 Å². The van der Waals surface area contributed by atoms with E-state index in [1.54, 1.807) is 24.3 Å². The molecular formula is C34H24FN3O5. The first-order valence-electron chi connectivity index (χ1n) is 13.8. The number of halogens is 1. The molecule has 0 unspecified atom stereocenters. The van der Waals surface area contributed by atoms with E-state index >= 15 is 0 Å². The van der Waals surface area contributed by atoms with Crippen molar-refractivity contribution in [3.05, 3.63) is 141 Å². The second-order valence-electron chi connectivity index (χ2n) is 11.0. The summed E-state index contributed by atoms with van der Waals surface area (Å²) in [5, 5.41) is 14.3. The van der Waals surface area contributed by atoms with Crippen LogP contribution in [0.4, 0.5) is 21.5 Å². The third kappa shape index (κ3) is 3.71. The van der Waals surface area contributed by atoms with E-state index in [2.05, 4.69) is 5.32 Å². The highest BCUT2D eigenvalue weighted by Gasteiger charge is 2.70. The maximum atomic E-state index is 14.7. The van der Waals surface area contributed by atoms with Gasteiger partial charge in [-0.15, -0.1) is 0 Å². The molecule has 3 heterocycles. The molecule has 9 heteroatoms. The van der Waals surface area contributed by atoms with Gasteiger partial charge in [0.2, 0.25) is 5.91 Å². The first-order valence-corrected chi connectivity index (χ1v) is 13.8. The van der Waals surface area contributed by atoms with Gasteiger partial charge in [0.15, 0.2) is 11.6 Å². The molecular weight excluding hydrogens is 549 g/mol. The molecule has 4 aromatic rings. The number of anilines is 2. The van der Waals surface area contributed by atoms with E-state index in [1.807, 2.05) is 42.2 Å². The van der Waals surface area contributed by atoms with Gasteiger partial charge < -0.3 is 10.2 Å². The smallest absolute Gasteiger partial charge is 0.269 e. The van der Waals surface area contributed by atoms with Gasteiger partial charge in [-0.3, -0.25) is 24.5 Å². The lowest BCUT2D eigenvalue weighted by molar-refractivity contribution is -0.384. The molecule has 7 rings (SSSR count). The van der Waals surface area contributed by atoms with E-state index in [-0.39, 0.29) is 16.8 Å². The van der Waals surface area contributed by atoms with Gasteiger partial charge in [0.1, 0.15) is 17.3 Å². The van der Waals surface area contributed by atoms with Crippen molar-refractivity contribution in [2.24, 2.45) is 5.92 Å². The summed E-state index contributed by atoms with van der Waals surface area (Å²) < 4.78 is 14.0. The minimum atomic E-state index is -1.52. The van der Waals surface area contributed by atoms with Crippen molar-refractivity contribution in [2.45, 2.75) is 24.4 Å². The van der Waals surface area contributed by atoms with Crippen LogP contribution < -0.4 is 10.2 Å². The number of carbonyl (C=O) groups is 3. The summed E-state index contributed by atoms with van der Waals surface area (Å²) in [6, 6.07) is 23.1. The Kier molecular flexibility index (Phi) is 5.88. The molecule has 1 spiro atoms. The normalized spacial score (nSPS) is 23.2. The van der Waals surface area contributed by atoms with Gasteiger partial charge >= 0.3 is 0 Å². The SMILES string of the molecule is CC1=C[C@H]2N(c3ccccc31)[C@@H](C(=O)c1ccc([N+](=O)[O-])cc1)[C@@H](C(=O)c1ccc(F)cc1)[C@@]21C(=O)Nc2ccccc21. The topological polar surface area (TPSA) is 110 Å². The number of nitrogens with zero attached hydrogens (tertiary/aromatic N) is 2. The number of benzene rings is 4. The lowest BCUT2D eigenvalue weighted by Gasteiger charge is -2.39. The summed E-state index contributed by atoms with van der Waals surface area (Å²) in [6.45, 7) is 1.94. The molecule has 4 atom stereocenters. The highest BCUT2D eigenvalue weighted by atomic mass is 19.1. The number of amides is 1. The molecule has 0 bridgehead atoms. The van der Waals surface area contributed by atoms with Crippen LogP contribution >= 0.6 is 0 Å². The van der Waals surface area contributed by atoms with E-state index in [4.69, 9.17) is 0 Å². The van der Waals surface area contributed by atoms with Crippen molar-refractivity contribution in [3.8, 4) is 0 Å². The van der Waals surface area contributed by atoms with E-state index in [9.17, 15) is 28.9 Å². The molecule has 0 radical (unpaired) electrons. The Morgan fingerprint density at radius 3 is 2.23 bits per heavy atom. The van der Waals surface area contributed by atoms with Crippen molar-refractivity contribution in [3.63, 3.8) is 0 Å². The Labute approximate surface area is 245 Å². The molecule has 1 amide bonds. The number of hydrogen-bond donors (Lipinski definition) is 1. The third-order valence-corrected chi connectivity index (χ3v) is 8.93. The highest BCUT2D eigenvalue weighted by Crippen LogP contribution is 2.58. The Balaban J connectivity index is 1.53. The molecule has 1 saturated heterocycles. The molecule has 43 heavy (non-hydrogen) atoms. The van der Waals surface area contributed by atoms with E-state index in [0.29, 0.717) is 16.9 Å². The maximum absolute atomic E-state index is 14.7. The van der Waals surface area contributed by atoms with E-state index < -0.39 is 51.6 Å². The molecule has 212 valence electrons. The van der Waals surface area contributed by atoms with Crippen molar-refractivity contribution in [1.82, 2.24) is 0 Å². The number of hydrogen-bond acceptors (Lipinski definition) is 6. The van der Waals surface area contributed by atoms with Crippen LogP contribution in [0, 0.1) is 21.8 Å². The molecule has 0 aromatic heterocycles. The predicted octanol–water partition coefficient (Wildman–Crippen LogP) is 5.98. The summed E-state index contributed by atoms with van der Waals surface area (Å²) in [5.74, 6) is -3.11. The van der Waals surface area contributed by atoms with Gasteiger partial charge in [-0.2, -0.15) is 0 Å². The molecule has 4 aromatic carbocycles. The number of nitro benzene ring substituents is 1. The Morgan fingerprint density at radius 1 is 0.884 bits per heavy atom. The number of ketones is 2. The number of Topliss-reactive ketones (excluding diaryl/α,β-unsaturated/α-hetero) is 2. The summed E-state index contributed by atoms with van der Waals surface area (Å²) in [5.41, 5.74) is 2.23. The number of carbonyl (C=O) groups excluding carboxylic acids is 3. The highest BCUT2D eigenvalue weighted by molar-refractivity contribution is 6.18. The lowest BCUT2D eigenvalue weighted by atomic mass is 9.64. The van der Waals surface area contributed by atoms with Crippen molar-refractivity contribution in [2.75, 3.05) is 10.2 Å². The van der Waals surface area contributed by atoms with Gasteiger partial charge in [0.05, 0.1) is 16.9 Å². The van der Waals surface area contributed by atoms with Crippen LogP contribution in [-0.4, -0.2) is 34.5 Å². The molecule has 0 saturated carbocycles. The summed E-state index contributed by atoms with van der Waals surface area (Å²) >= 11 is 0. The van der Waals surface area contributed by atoms with Crippen LogP contribution in [0.3, 0.4) is 0 Å². The zero-order valence-electron chi connectivity index (χ0n) is 22.9. The Morgan fingerprint density at radius 2 is 1.51 bits per heavy atom. The number of nitro groups is 1. The second-order valence-corrected chi connectivity index (χ2v) is 11.0. The van der Waals surface area contributed by atoms with Crippen molar-refractivity contribution < 1.29 is 23.7 Å². The van der Waals surface area contributed by atoms with E-state index in [1.165, 1.54) is 48.5 Å². The van der Waals surface area contributed by atoms with Crippen molar-refractivity contribution in [1.29, 1.82) is 0 Å². The third-order valence-electron chi connectivity index (χ3n) is 8.93. The van der Waals surface area contributed by atoms with Crippen LogP contribution in [0.5, 0.6) is 0 Å². The van der Waals surface area contributed by atoms with Gasteiger partial charge in [-0.05, 0) is 66.6 Å². The fourth-order valence-corrected chi connectivity index (χ4v) is 7.10. The minimum Gasteiger partial charge on any atom is -0.352 e. The van der Waals surface area contributed by atoms with Crippen LogP contribution in [0.1, 0.15) is 38.8 Å². The first kappa shape index (κ1) is 26.5. The van der Waals surface area contributed by atoms with Crippen LogP contribution in [0.2, 0.25) is 0 Å². The molecule has 1 fully saturated rings. The summed E-state index contributed by atoms with van der Waals surface area (Å²) in [6.07, 6.45) is 1.94. The van der Waals surface area contributed by atoms with Crippen molar-refractivity contribution >= 4 is 40.1 Å². The molecule has 8 nitrogen and oxygen atoms in total. The minimum absolute atomic E-state index is 0.165. The number of allylic oxidation sites excluding steroid dienone is 1. The molecule has 0 aliphatic carbocycles. The number of non-ortho nitro benzene ring substituents is 1.